The summed E-state index contributed by atoms with van der Waals surface area (Å²) < 4.78 is 41.0. The molecular weight excluding hydrogens is 511 g/mol. The van der Waals surface area contributed by atoms with E-state index < -0.39 is 9.84 Å². The summed E-state index contributed by atoms with van der Waals surface area (Å²) in [6.45, 7) is 2.20. The third-order valence-corrected chi connectivity index (χ3v) is 11.4. The standard InChI is InChI=1S/C31H39FN4O2S/c1-34-29-17-22(16-28(32)30(29)33-31(34)21-6-10-27(11-7-21)39(2,37)38)20-12-14-35(15-13-20)26-18-24-8-9-25(19-26)36(24)23-4-3-5-23/h6-7,10-11,16-17,20,23-26H,3-5,8-9,12-15,18-19H2,1-2H3. The Morgan fingerprint density at radius 2 is 1.54 bits per heavy atom. The van der Waals surface area contributed by atoms with Gasteiger partial charge in [0.05, 0.1) is 10.4 Å². The normalized spacial score (nSPS) is 27.3. The molecular formula is C31H39FN4O2S. The first-order chi connectivity index (χ1) is 18.8. The number of imidazole rings is 1. The molecule has 2 unspecified atom stereocenters. The molecule has 1 aromatic heterocycles. The van der Waals surface area contributed by atoms with Gasteiger partial charge in [0, 0.05) is 43.0 Å². The second kappa shape index (κ2) is 9.67. The zero-order valence-corrected chi connectivity index (χ0v) is 23.8. The van der Waals surface area contributed by atoms with Gasteiger partial charge in [0.15, 0.2) is 15.7 Å². The first-order valence-electron chi connectivity index (χ1n) is 14.7. The van der Waals surface area contributed by atoms with Crippen LogP contribution in [0.15, 0.2) is 41.3 Å². The molecule has 7 rings (SSSR count). The minimum absolute atomic E-state index is 0.265. The van der Waals surface area contributed by atoms with Crippen molar-refractivity contribution in [1.29, 1.82) is 0 Å². The highest BCUT2D eigenvalue weighted by Gasteiger charge is 2.46. The number of benzene rings is 2. The number of aryl methyl sites for hydroxylation is 1. The zero-order chi connectivity index (χ0) is 26.9. The maximum Gasteiger partial charge on any atom is 0.175 e. The van der Waals surface area contributed by atoms with E-state index in [1.165, 1.54) is 51.2 Å². The highest BCUT2D eigenvalue weighted by atomic mass is 32.2. The molecule has 2 atom stereocenters. The summed E-state index contributed by atoms with van der Waals surface area (Å²) >= 11 is 0. The van der Waals surface area contributed by atoms with E-state index in [1.807, 2.05) is 11.6 Å². The van der Waals surface area contributed by atoms with E-state index in [-0.39, 0.29) is 10.7 Å². The van der Waals surface area contributed by atoms with E-state index in [2.05, 4.69) is 20.9 Å². The molecule has 1 saturated carbocycles. The van der Waals surface area contributed by atoms with Crippen LogP contribution in [-0.2, 0) is 16.9 Å². The van der Waals surface area contributed by atoms with Crippen molar-refractivity contribution >= 4 is 20.9 Å². The summed E-state index contributed by atoms with van der Waals surface area (Å²) in [5, 5.41) is 0. The van der Waals surface area contributed by atoms with Crippen LogP contribution in [0.1, 0.15) is 69.3 Å². The first-order valence-corrected chi connectivity index (χ1v) is 16.6. The monoisotopic (exact) mass is 550 g/mol. The van der Waals surface area contributed by atoms with Gasteiger partial charge in [0.25, 0.3) is 0 Å². The lowest BCUT2D eigenvalue weighted by atomic mass is 9.84. The summed E-state index contributed by atoms with van der Waals surface area (Å²) in [6.07, 6.45) is 13.0. The number of hydrogen-bond donors (Lipinski definition) is 0. The Morgan fingerprint density at radius 3 is 2.13 bits per heavy atom. The van der Waals surface area contributed by atoms with Gasteiger partial charge in [-0.25, -0.2) is 17.8 Å². The van der Waals surface area contributed by atoms with Crippen LogP contribution < -0.4 is 0 Å². The Kier molecular flexibility index (Phi) is 6.36. The topological polar surface area (TPSA) is 58.4 Å². The van der Waals surface area contributed by atoms with Gasteiger partial charge in [-0.2, -0.15) is 0 Å². The van der Waals surface area contributed by atoms with Gasteiger partial charge >= 0.3 is 0 Å². The number of sulfone groups is 1. The lowest BCUT2D eigenvalue weighted by Crippen LogP contribution is -2.56. The summed E-state index contributed by atoms with van der Waals surface area (Å²) in [5.41, 5.74) is 3.00. The number of piperidine rings is 2. The average Bonchev–Trinajstić information content (AvgIpc) is 3.34. The molecule has 2 bridgehead atoms. The fourth-order valence-corrected chi connectivity index (χ4v) is 8.60. The minimum Gasteiger partial charge on any atom is -0.327 e. The van der Waals surface area contributed by atoms with Gasteiger partial charge in [-0.1, -0.05) is 6.42 Å². The van der Waals surface area contributed by atoms with E-state index in [0.29, 0.717) is 23.3 Å². The van der Waals surface area contributed by atoms with Gasteiger partial charge in [-0.15, -0.1) is 0 Å². The van der Waals surface area contributed by atoms with Crippen molar-refractivity contribution in [1.82, 2.24) is 19.4 Å². The number of fused-ring (bicyclic) bond motifs is 3. The van der Waals surface area contributed by atoms with E-state index in [9.17, 15) is 8.42 Å². The van der Waals surface area contributed by atoms with Crippen molar-refractivity contribution in [3.05, 3.63) is 47.8 Å². The van der Waals surface area contributed by atoms with Crippen LogP contribution in [0.4, 0.5) is 4.39 Å². The second-order valence-electron chi connectivity index (χ2n) is 12.5. The van der Waals surface area contributed by atoms with Crippen molar-refractivity contribution in [2.75, 3.05) is 19.3 Å². The predicted molar refractivity (Wildman–Crippen MR) is 152 cm³/mol. The quantitative estimate of drug-likeness (QED) is 0.419. The largest absolute Gasteiger partial charge is 0.327 e. The third kappa shape index (κ3) is 4.52. The number of aromatic nitrogens is 2. The lowest BCUT2D eigenvalue weighted by molar-refractivity contribution is -0.000825. The van der Waals surface area contributed by atoms with Crippen molar-refractivity contribution in [3.63, 3.8) is 0 Å². The van der Waals surface area contributed by atoms with Crippen LogP contribution in [0.3, 0.4) is 0 Å². The number of hydrogen-bond acceptors (Lipinski definition) is 5. The molecule has 8 heteroatoms. The van der Waals surface area contributed by atoms with Crippen LogP contribution in [0.25, 0.3) is 22.4 Å². The highest BCUT2D eigenvalue weighted by molar-refractivity contribution is 7.90. The van der Waals surface area contributed by atoms with Gasteiger partial charge in [-0.3, -0.25) is 4.90 Å². The maximum atomic E-state index is 15.4. The molecule has 0 N–H and O–H groups in total. The Bertz CT molecular complexity index is 1480. The molecule has 208 valence electrons. The molecule has 1 aliphatic carbocycles. The fraction of sp³-hybridized carbons (Fsp3) is 0.581. The number of likely N-dealkylation sites (tertiary alicyclic amines) is 1. The molecule has 3 saturated heterocycles. The van der Waals surface area contributed by atoms with Crippen molar-refractivity contribution < 1.29 is 12.8 Å². The molecule has 4 heterocycles. The Labute approximate surface area is 231 Å². The number of halogens is 1. The number of rotatable bonds is 5. The van der Waals surface area contributed by atoms with Crippen molar-refractivity contribution in [2.45, 2.75) is 92.8 Å². The molecule has 3 aliphatic heterocycles. The summed E-state index contributed by atoms with van der Waals surface area (Å²) in [4.78, 5) is 10.5. The van der Waals surface area contributed by atoms with Crippen LogP contribution in [0.2, 0.25) is 0 Å². The summed E-state index contributed by atoms with van der Waals surface area (Å²) in [7, 11) is -1.36. The summed E-state index contributed by atoms with van der Waals surface area (Å²) in [6, 6.07) is 13.7. The van der Waals surface area contributed by atoms with E-state index in [0.717, 1.165) is 60.7 Å². The molecule has 2 aromatic carbocycles. The van der Waals surface area contributed by atoms with Crippen LogP contribution >= 0.6 is 0 Å². The van der Waals surface area contributed by atoms with E-state index in [4.69, 9.17) is 0 Å². The molecule has 4 aliphatic rings. The summed E-state index contributed by atoms with van der Waals surface area (Å²) in [5.74, 6) is 0.720. The van der Waals surface area contributed by atoms with Gasteiger partial charge < -0.3 is 9.47 Å². The molecule has 0 radical (unpaired) electrons. The Balaban J connectivity index is 1.06. The average molecular weight is 551 g/mol. The predicted octanol–water partition coefficient (Wildman–Crippen LogP) is 5.51. The van der Waals surface area contributed by atoms with E-state index >= 15 is 4.39 Å². The van der Waals surface area contributed by atoms with Crippen molar-refractivity contribution in [2.24, 2.45) is 7.05 Å². The smallest absolute Gasteiger partial charge is 0.175 e. The van der Waals surface area contributed by atoms with Crippen LogP contribution in [0, 0.1) is 5.82 Å². The molecule has 4 fully saturated rings. The molecule has 39 heavy (non-hydrogen) atoms. The van der Waals surface area contributed by atoms with Gasteiger partial charge in [0.1, 0.15) is 11.3 Å². The van der Waals surface area contributed by atoms with Gasteiger partial charge in [0.2, 0.25) is 0 Å². The first kappa shape index (κ1) is 25.7. The molecule has 0 spiro atoms. The van der Waals surface area contributed by atoms with E-state index in [1.54, 1.807) is 30.3 Å². The van der Waals surface area contributed by atoms with Gasteiger partial charge in [-0.05, 0) is 112 Å². The van der Waals surface area contributed by atoms with Crippen LogP contribution in [0.5, 0.6) is 0 Å². The zero-order valence-electron chi connectivity index (χ0n) is 23.0. The Hall–Kier alpha value is -2.29. The lowest BCUT2D eigenvalue weighted by Gasteiger charge is -2.50. The molecule has 0 amide bonds. The van der Waals surface area contributed by atoms with Crippen LogP contribution in [-0.4, -0.2) is 71.3 Å². The third-order valence-electron chi connectivity index (χ3n) is 10.3. The highest BCUT2D eigenvalue weighted by Crippen LogP contribution is 2.44. The maximum absolute atomic E-state index is 15.4. The number of nitrogens with zero attached hydrogens (tertiary/aromatic N) is 4. The van der Waals surface area contributed by atoms with Crippen molar-refractivity contribution in [3.8, 4) is 11.4 Å². The SMILES string of the molecule is Cn1c(-c2ccc(S(C)(=O)=O)cc2)nc2c(F)cc(C3CCN(C4CC5CCC(C4)N5C4CCC4)CC3)cc21. The fourth-order valence-electron chi connectivity index (χ4n) is 7.97. The molecule has 6 nitrogen and oxygen atoms in total. The second-order valence-corrected chi connectivity index (χ2v) is 14.5. The molecule has 3 aromatic rings. The minimum atomic E-state index is -3.27. The Morgan fingerprint density at radius 1 is 0.872 bits per heavy atom.